The van der Waals surface area contributed by atoms with E-state index in [9.17, 15) is 5.11 Å². The summed E-state index contributed by atoms with van der Waals surface area (Å²) in [6.07, 6.45) is 23.1. The quantitative estimate of drug-likeness (QED) is 0.165. The molecule has 37 heavy (non-hydrogen) atoms. The second-order valence-corrected chi connectivity index (χ2v) is 11.1. The number of aryl methyl sites for hydroxylation is 3. The van der Waals surface area contributed by atoms with Crippen molar-refractivity contribution in [2.24, 2.45) is 0 Å². The fourth-order valence-electron chi connectivity index (χ4n) is 5.31. The molecule has 1 heterocycles. The highest BCUT2D eigenvalue weighted by molar-refractivity contribution is 5.75. The highest BCUT2D eigenvalue weighted by atomic mass is 16.3. The predicted molar refractivity (Wildman–Crippen MR) is 158 cm³/mol. The summed E-state index contributed by atoms with van der Waals surface area (Å²) < 4.78 is 0. The van der Waals surface area contributed by atoms with E-state index in [-0.39, 0.29) is 0 Å². The van der Waals surface area contributed by atoms with Gasteiger partial charge in [0.15, 0.2) is 0 Å². The minimum Gasteiger partial charge on any atom is -0.505 e. The monoisotopic (exact) mass is 505 g/mol. The van der Waals surface area contributed by atoms with E-state index in [1.807, 2.05) is 6.07 Å². The molecule has 0 aliphatic rings. The Hall–Kier alpha value is -2.36. The van der Waals surface area contributed by atoms with Crippen molar-refractivity contribution in [2.45, 2.75) is 136 Å². The molecular formula is C33H51N3O. The van der Waals surface area contributed by atoms with Crippen molar-refractivity contribution in [3.63, 3.8) is 0 Å². The van der Waals surface area contributed by atoms with Crippen LogP contribution >= 0.6 is 0 Å². The third-order valence-corrected chi connectivity index (χ3v) is 7.59. The summed E-state index contributed by atoms with van der Waals surface area (Å²) in [5.41, 5.74) is 5.95. The number of aromatic nitrogens is 3. The molecule has 2 aromatic carbocycles. The second kappa shape index (κ2) is 16.5. The summed E-state index contributed by atoms with van der Waals surface area (Å²) in [4.78, 5) is 1.63. The minimum absolute atomic E-state index is 0.324. The van der Waals surface area contributed by atoms with Crippen LogP contribution in [0.1, 0.15) is 133 Å². The lowest BCUT2D eigenvalue weighted by Crippen LogP contribution is -2.02. The van der Waals surface area contributed by atoms with Gasteiger partial charge in [-0.1, -0.05) is 116 Å². The molecule has 1 aromatic heterocycles. The van der Waals surface area contributed by atoms with E-state index in [0.29, 0.717) is 11.4 Å². The molecule has 0 saturated carbocycles. The first-order valence-corrected chi connectivity index (χ1v) is 15.3. The zero-order valence-electron chi connectivity index (χ0n) is 23.9. The number of rotatable bonds is 19. The van der Waals surface area contributed by atoms with Crippen molar-refractivity contribution < 1.29 is 5.11 Å². The molecule has 0 bridgehead atoms. The van der Waals surface area contributed by atoms with Crippen LogP contribution in [0.5, 0.6) is 5.75 Å². The molecule has 0 atom stereocenters. The number of hydrogen-bond acceptors (Lipinski definition) is 3. The van der Waals surface area contributed by atoms with Crippen LogP contribution in [0.3, 0.4) is 0 Å². The summed E-state index contributed by atoms with van der Waals surface area (Å²) in [5, 5.41) is 20.5. The van der Waals surface area contributed by atoms with Gasteiger partial charge in [0, 0.05) is 0 Å². The number of nitrogens with zero attached hydrogens (tertiary/aromatic N) is 3. The molecule has 4 heteroatoms. The zero-order chi connectivity index (χ0) is 26.3. The molecule has 0 amide bonds. The molecule has 0 unspecified atom stereocenters. The highest BCUT2D eigenvalue weighted by Crippen LogP contribution is 2.29. The Labute approximate surface area is 225 Å². The van der Waals surface area contributed by atoms with Gasteiger partial charge < -0.3 is 5.11 Å². The summed E-state index contributed by atoms with van der Waals surface area (Å²) >= 11 is 0. The van der Waals surface area contributed by atoms with E-state index in [4.69, 9.17) is 10.2 Å². The van der Waals surface area contributed by atoms with Crippen molar-refractivity contribution in [3.8, 4) is 11.4 Å². The van der Waals surface area contributed by atoms with E-state index < -0.39 is 0 Å². The van der Waals surface area contributed by atoms with Gasteiger partial charge in [-0.25, -0.2) is 0 Å². The maximum Gasteiger partial charge on any atom is 0.146 e. The fourth-order valence-corrected chi connectivity index (χ4v) is 5.31. The van der Waals surface area contributed by atoms with Gasteiger partial charge in [-0.15, -0.1) is 15.0 Å². The first-order valence-electron chi connectivity index (χ1n) is 15.3. The Kier molecular flexibility index (Phi) is 13.0. The molecule has 1 N–H and O–H groups in total. The molecule has 0 saturated heterocycles. The maximum atomic E-state index is 11.0. The third-order valence-electron chi connectivity index (χ3n) is 7.59. The molecule has 204 valence electrons. The lowest BCUT2D eigenvalue weighted by molar-refractivity contribution is 0.458. The average molecular weight is 506 g/mol. The SMILES string of the molecule is CCCCCCCCCCCCc1ccc2nn(-c3cc(C)cc(CCCCCCCC)c3O)nc2c1. The van der Waals surface area contributed by atoms with Gasteiger partial charge in [-0.2, -0.15) is 0 Å². The summed E-state index contributed by atoms with van der Waals surface area (Å²) in [7, 11) is 0. The van der Waals surface area contributed by atoms with E-state index in [1.165, 1.54) is 102 Å². The molecule has 0 fully saturated rings. The van der Waals surface area contributed by atoms with Crippen molar-refractivity contribution in [1.82, 2.24) is 15.0 Å². The Bertz CT molecular complexity index is 1060. The van der Waals surface area contributed by atoms with Gasteiger partial charge in [-0.05, 0) is 67.5 Å². The first kappa shape index (κ1) is 29.2. The van der Waals surface area contributed by atoms with Gasteiger partial charge in [0.1, 0.15) is 22.5 Å². The molecule has 0 spiro atoms. The Morgan fingerprint density at radius 1 is 0.622 bits per heavy atom. The average Bonchev–Trinajstić information content (AvgIpc) is 3.32. The highest BCUT2D eigenvalue weighted by Gasteiger charge is 2.14. The smallest absolute Gasteiger partial charge is 0.146 e. The van der Waals surface area contributed by atoms with Gasteiger partial charge in [0.25, 0.3) is 0 Å². The number of hydrogen-bond donors (Lipinski definition) is 1. The van der Waals surface area contributed by atoms with Gasteiger partial charge >= 0.3 is 0 Å². The summed E-state index contributed by atoms with van der Waals surface area (Å²) in [6.45, 7) is 6.61. The van der Waals surface area contributed by atoms with Gasteiger partial charge in [-0.3, -0.25) is 0 Å². The van der Waals surface area contributed by atoms with Crippen LogP contribution in [-0.4, -0.2) is 20.1 Å². The van der Waals surface area contributed by atoms with Gasteiger partial charge in [0.05, 0.1) is 0 Å². The number of benzene rings is 2. The Morgan fingerprint density at radius 3 is 1.78 bits per heavy atom. The molecule has 3 aromatic rings. The van der Waals surface area contributed by atoms with Crippen LogP contribution < -0.4 is 0 Å². The summed E-state index contributed by atoms with van der Waals surface area (Å²) in [6, 6.07) is 10.5. The van der Waals surface area contributed by atoms with Gasteiger partial charge in [0.2, 0.25) is 0 Å². The molecular weight excluding hydrogens is 454 g/mol. The van der Waals surface area contributed by atoms with E-state index in [1.54, 1.807) is 4.80 Å². The first-order chi connectivity index (χ1) is 18.1. The zero-order valence-corrected chi connectivity index (χ0v) is 23.9. The van der Waals surface area contributed by atoms with Crippen molar-refractivity contribution in [1.29, 1.82) is 0 Å². The van der Waals surface area contributed by atoms with E-state index in [2.05, 4.69) is 45.0 Å². The van der Waals surface area contributed by atoms with Crippen LogP contribution in [0, 0.1) is 6.92 Å². The summed E-state index contributed by atoms with van der Waals surface area (Å²) in [5.74, 6) is 0.324. The number of phenolic OH excluding ortho intramolecular Hbond substituents is 1. The fraction of sp³-hybridized carbons (Fsp3) is 0.636. The van der Waals surface area contributed by atoms with Crippen LogP contribution in [0.2, 0.25) is 0 Å². The van der Waals surface area contributed by atoms with Crippen LogP contribution in [0.25, 0.3) is 16.7 Å². The minimum atomic E-state index is 0.324. The van der Waals surface area contributed by atoms with Crippen molar-refractivity contribution in [2.75, 3.05) is 0 Å². The second-order valence-electron chi connectivity index (χ2n) is 11.1. The topological polar surface area (TPSA) is 50.9 Å². The Balaban J connectivity index is 1.52. The van der Waals surface area contributed by atoms with Crippen molar-refractivity contribution in [3.05, 3.63) is 47.0 Å². The van der Waals surface area contributed by atoms with Crippen LogP contribution in [-0.2, 0) is 12.8 Å². The molecule has 3 rings (SSSR count). The van der Waals surface area contributed by atoms with Crippen LogP contribution in [0.4, 0.5) is 0 Å². The lowest BCUT2D eigenvalue weighted by atomic mass is 10.0. The van der Waals surface area contributed by atoms with Crippen LogP contribution in [0.15, 0.2) is 30.3 Å². The van der Waals surface area contributed by atoms with E-state index in [0.717, 1.165) is 41.4 Å². The largest absolute Gasteiger partial charge is 0.505 e. The predicted octanol–water partition coefficient (Wildman–Crippen LogP) is 9.80. The molecule has 4 nitrogen and oxygen atoms in total. The standard InChI is InChI=1S/C33H51N3O/c1-4-6-8-10-12-13-14-15-16-18-20-28-22-23-30-31(26-28)35-36(34-30)32-25-27(3)24-29(33(32)37)21-19-17-11-9-7-5-2/h22-26,37H,4-21H2,1-3H3. The third kappa shape index (κ3) is 9.79. The maximum absolute atomic E-state index is 11.0. The Morgan fingerprint density at radius 2 is 1.16 bits per heavy atom. The number of fused-ring (bicyclic) bond motifs is 1. The van der Waals surface area contributed by atoms with E-state index >= 15 is 0 Å². The molecule has 0 aliphatic heterocycles. The molecule has 0 aliphatic carbocycles. The normalized spacial score (nSPS) is 11.5. The number of aromatic hydroxyl groups is 1. The van der Waals surface area contributed by atoms with Crippen molar-refractivity contribution >= 4 is 11.0 Å². The molecule has 0 radical (unpaired) electrons. The number of unbranched alkanes of at least 4 members (excludes halogenated alkanes) is 14. The lowest BCUT2D eigenvalue weighted by Gasteiger charge is -2.11. The number of phenols is 1.